The van der Waals surface area contributed by atoms with Crippen LogP contribution in [0.4, 0.5) is 10.6 Å². The highest BCUT2D eigenvalue weighted by atomic mass is 32.2. The molecule has 13 heteroatoms. The highest BCUT2D eigenvalue weighted by Crippen LogP contribution is 2.26. The van der Waals surface area contributed by atoms with Gasteiger partial charge in [0.05, 0.1) is 46.2 Å². The molecule has 4 aromatic rings. The van der Waals surface area contributed by atoms with Gasteiger partial charge < -0.3 is 25.0 Å². The van der Waals surface area contributed by atoms with Crippen LogP contribution in [0.1, 0.15) is 68.6 Å². The fraction of sp³-hybridized carbons (Fsp3) is 0.432. The molecular formula is C37H46N6O6S. The van der Waals surface area contributed by atoms with Crippen LogP contribution in [-0.4, -0.2) is 79.1 Å². The first kappa shape index (κ1) is 36.7. The number of ether oxygens (including phenoxy) is 2. The van der Waals surface area contributed by atoms with Crippen LogP contribution in [0, 0.1) is 6.92 Å². The number of nitrogens with zero attached hydrogens (tertiary/aromatic N) is 4. The number of unbranched alkanes of at least 4 members (excludes halogenated alkanes) is 1. The second-order valence-electron chi connectivity index (χ2n) is 13.8. The Labute approximate surface area is 293 Å². The van der Waals surface area contributed by atoms with E-state index >= 15 is 0 Å². The maximum Gasteiger partial charge on any atom is 0.407 e. The predicted octanol–water partition coefficient (Wildman–Crippen LogP) is 5.62. The van der Waals surface area contributed by atoms with Gasteiger partial charge in [0.1, 0.15) is 11.4 Å². The number of pyridine rings is 3. The van der Waals surface area contributed by atoms with Gasteiger partial charge in [-0.3, -0.25) is 9.78 Å². The third-order valence-corrected chi connectivity index (χ3v) is 9.42. The molecule has 0 saturated carbocycles. The van der Waals surface area contributed by atoms with Crippen LogP contribution >= 0.6 is 0 Å². The van der Waals surface area contributed by atoms with Crippen molar-refractivity contribution in [2.75, 3.05) is 30.8 Å². The average Bonchev–Trinajstić information content (AvgIpc) is 3.05. The number of rotatable bonds is 11. The normalized spacial score (nSPS) is 16.6. The fourth-order valence-electron chi connectivity index (χ4n) is 5.85. The SMILES string of the molecule is Cc1ccc(C(=O)NCc2cc3nc(-c4cccc(N5C[C@@H](CCCCNC(=O)OC(C)(C)C)O[C@@H](C)C5)n4)ccc3cn2)cc1S(C)(=O)=O. The van der Waals surface area contributed by atoms with Gasteiger partial charge in [-0.15, -0.1) is 0 Å². The minimum Gasteiger partial charge on any atom is -0.444 e. The summed E-state index contributed by atoms with van der Waals surface area (Å²) in [5.41, 5.74) is 3.11. The molecule has 12 nitrogen and oxygen atoms in total. The minimum atomic E-state index is -3.46. The van der Waals surface area contributed by atoms with Gasteiger partial charge in [0.15, 0.2) is 9.84 Å². The third-order valence-electron chi connectivity index (χ3n) is 8.18. The number of amides is 2. The maximum absolute atomic E-state index is 12.9. The number of anilines is 1. The lowest BCUT2D eigenvalue weighted by molar-refractivity contribution is -0.0209. The van der Waals surface area contributed by atoms with Crippen molar-refractivity contribution >= 4 is 38.6 Å². The quantitative estimate of drug-likeness (QED) is 0.188. The van der Waals surface area contributed by atoms with Crippen LogP contribution in [0.2, 0.25) is 0 Å². The molecule has 2 amide bonds. The summed E-state index contributed by atoms with van der Waals surface area (Å²) >= 11 is 0. The largest absolute Gasteiger partial charge is 0.444 e. The average molecular weight is 703 g/mol. The standard InChI is InChI=1S/C37H46N6O6S/c1-24-13-14-26(18-33(24)50(6,46)47)35(44)40-21-28-19-32-27(20-39-28)15-16-31(41-32)30-11-9-12-34(42-30)43-22-25(2)48-29(23-43)10-7-8-17-38-36(45)49-37(3,4)5/h9,11-16,18-20,25,29H,7-8,10,17,21-23H2,1-6H3,(H,38,45)(H,40,44)/t25-,29+/m0/s1. The van der Waals surface area contributed by atoms with E-state index in [4.69, 9.17) is 19.4 Å². The molecule has 0 bridgehead atoms. The lowest BCUT2D eigenvalue weighted by atomic mass is 10.1. The van der Waals surface area contributed by atoms with Crippen molar-refractivity contribution in [3.05, 3.63) is 77.6 Å². The lowest BCUT2D eigenvalue weighted by Crippen LogP contribution is -2.47. The first-order valence-electron chi connectivity index (χ1n) is 16.8. The highest BCUT2D eigenvalue weighted by molar-refractivity contribution is 7.90. The van der Waals surface area contributed by atoms with Gasteiger partial charge in [-0.05, 0) is 102 Å². The Kier molecular flexibility index (Phi) is 11.4. The van der Waals surface area contributed by atoms with E-state index in [1.54, 1.807) is 25.3 Å². The Bertz CT molecular complexity index is 1960. The smallest absolute Gasteiger partial charge is 0.407 e. The van der Waals surface area contributed by atoms with E-state index in [-0.39, 0.29) is 29.2 Å². The van der Waals surface area contributed by atoms with Crippen molar-refractivity contribution in [3.8, 4) is 11.4 Å². The van der Waals surface area contributed by atoms with Crippen molar-refractivity contribution in [3.63, 3.8) is 0 Å². The van der Waals surface area contributed by atoms with Crippen LogP contribution in [0.5, 0.6) is 0 Å². The lowest BCUT2D eigenvalue weighted by Gasteiger charge is -2.37. The van der Waals surface area contributed by atoms with Gasteiger partial charge in [0.2, 0.25) is 0 Å². The number of sulfone groups is 1. The number of hydrogen-bond acceptors (Lipinski definition) is 10. The molecule has 0 aliphatic carbocycles. The summed E-state index contributed by atoms with van der Waals surface area (Å²) in [7, 11) is -3.46. The summed E-state index contributed by atoms with van der Waals surface area (Å²) < 4.78 is 35.8. The third kappa shape index (κ3) is 9.97. The molecule has 1 aliphatic rings. The summed E-state index contributed by atoms with van der Waals surface area (Å²) in [4.78, 5) is 41.5. The van der Waals surface area contributed by atoms with Crippen molar-refractivity contribution < 1.29 is 27.5 Å². The number of morpholine rings is 1. The Hall–Kier alpha value is -4.62. The number of alkyl carbamates (subject to hydrolysis) is 1. The van der Waals surface area contributed by atoms with E-state index in [2.05, 4.69) is 27.4 Å². The second kappa shape index (κ2) is 15.5. The number of aryl methyl sites for hydroxylation is 1. The fourth-order valence-corrected chi connectivity index (χ4v) is 6.84. The first-order valence-corrected chi connectivity index (χ1v) is 18.7. The van der Waals surface area contributed by atoms with E-state index in [0.717, 1.165) is 49.0 Å². The van der Waals surface area contributed by atoms with Gasteiger partial charge >= 0.3 is 6.09 Å². The summed E-state index contributed by atoms with van der Waals surface area (Å²) in [5.74, 6) is 0.457. The van der Waals surface area contributed by atoms with E-state index in [0.29, 0.717) is 35.6 Å². The van der Waals surface area contributed by atoms with Crippen LogP contribution in [0.3, 0.4) is 0 Å². The summed E-state index contributed by atoms with van der Waals surface area (Å²) in [6.07, 6.45) is 5.14. The molecule has 1 aliphatic heterocycles. The van der Waals surface area contributed by atoms with Crippen LogP contribution in [0.15, 0.2) is 65.7 Å². The van der Waals surface area contributed by atoms with Gasteiger partial charge in [0, 0.05) is 43.0 Å². The number of hydrogen-bond donors (Lipinski definition) is 2. The summed E-state index contributed by atoms with van der Waals surface area (Å²) in [5, 5.41) is 6.50. The van der Waals surface area contributed by atoms with Crippen molar-refractivity contribution in [1.82, 2.24) is 25.6 Å². The van der Waals surface area contributed by atoms with Crippen LogP contribution in [0.25, 0.3) is 22.3 Å². The van der Waals surface area contributed by atoms with Crippen molar-refractivity contribution in [1.29, 1.82) is 0 Å². The number of benzene rings is 1. The zero-order valence-corrected chi connectivity index (χ0v) is 30.3. The summed E-state index contributed by atoms with van der Waals surface area (Å²) in [6, 6.07) is 16.3. The minimum absolute atomic E-state index is 0.0389. The zero-order chi connectivity index (χ0) is 36.1. The van der Waals surface area contributed by atoms with Gasteiger partial charge in [-0.25, -0.2) is 23.2 Å². The Balaban J connectivity index is 1.21. The molecule has 5 rings (SSSR count). The van der Waals surface area contributed by atoms with E-state index in [9.17, 15) is 18.0 Å². The molecule has 2 atom stereocenters. The molecule has 4 heterocycles. The number of fused-ring (bicyclic) bond motifs is 1. The molecule has 1 aromatic carbocycles. The number of carbonyl (C=O) groups excluding carboxylic acids is 2. The van der Waals surface area contributed by atoms with Gasteiger partial charge in [-0.1, -0.05) is 12.1 Å². The molecule has 50 heavy (non-hydrogen) atoms. The summed E-state index contributed by atoms with van der Waals surface area (Å²) in [6.45, 7) is 11.4. The molecule has 266 valence electrons. The Morgan fingerprint density at radius 2 is 1.78 bits per heavy atom. The molecule has 3 aromatic heterocycles. The highest BCUT2D eigenvalue weighted by Gasteiger charge is 2.26. The Morgan fingerprint density at radius 1 is 1.00 bits per heavy atom. The van der Waals surface area contributed by atoms with Crippen LogP contribution in [-0.2, 0) is 25.9 Å². The van der Waals surface area contributed by atoms with Gasteiger partial charge in [-0.2, -0.15) is 0 Å². The first-order chi connectivity index (χ1) is 23.6. The topological polar surface area (TPSA) is 153 Å². The van der Waals surface area contributed by atoms with Gasteiger partial charge in [0.25, 0.3) is 5.91 Å². The monoisotopic (exact) mass is 702 g/mol. The molecule has 0 radical (unpaired) electrons. The number of nitrogens with one attached hydrogen (secondary N) is 2. The Morgan fingerprint density at radius 3 is 2.54 bits per heavy atom. The van der Waals surface area contributed by atoms with Crippen LogP contribution < -0.4 is 15.5 Å². The molecular weight excluding hydrogens is 657 g/mol. The number of aromatic nitrogens is 3. The second-order valence-corrected chi connectivity index (χ2v) is 15.8. The van der Waals surface area contributed by atoms with Crippen molar-refractivity contribution in [2.45, 2.75) is 83.1 Å². The zero-order valence-electron chi connectivity index (χ0n) is 29.5. The number of carbonyl (C=O) groups is 2. The van der Waals surface area contributed by atoms with Crippen molar-refractivity contribution in [2.24, 2.45) is 0 Å². The molecule has 1 fully saturated rings. The predicted molar refractivity (Wildman–Crippen MR) is 193 cm³/mol. The van der Waals surface area contributed by atoms with E-state index in [1.165, 1.54) is 6.07 Å². The molecule has 0 unspecified atom stereocenters. The maximum atomic E-state index is 12.9. The molecule has 2 N–H and O–H groups in total. The van der Waals surface area contributed by atoms with E-state index < -0.39 is 27.4 Å². The molecule has 1 saturated heterocycles. The molecule has 0 spiro atoms. The van der Waals surface area contributed by atoms with E-state index in [1.807, 2.05) is 57.2 Å².